The average Bonchev–Trinajstić information content (AvgIpc) is 2.26. The molecule has 0 atom stereocenters. The molecule has 0 spiro atoms. The summed E-state index contributed by atoms with van der Waals surface area (Å²) in [5.41, 5.74) is 0.279. The van der Waals surface area contributed by atoms with E-state index in [0.29, 0.717) is 12.2 Å². The van der Waals surface area contributed by atoms with Crippen LogP contribution in [-0.4, -0.2) is 32.7 Å². The Morgan fingerprint density at radius 2 is 1.80 bits per heavy atom. The van der Waals surface area contributed by atoms with E-state index in [0.717, 1.165) is 6.26 Å². The number of para-hydroxylation sites is 1. The first-order chi connectivity index (χ1) is 9.09. The quantitative estimate of drug-likeness (QED) is 0.869. The summed E-state index contributed by atoms with van der Waals surface area (Å²) in [4.78, 5) is 12.0. The van der Waals surface area contributed by atoms with Gasteiger partial charge in [0, 0.05) is 24.8 Å². The number of hydrogen-bond acceptors (Lipinski definition) is 4. The second kappa shape index (κ2) is 6.37. The second-order valence-corrected chi connectivity index (χ2v) is 7.73. The Morgan fingerprint density at radius 3 is 2.35 bits per heavy atom. The number of sulfone groups is 1. The minimum atomic E-state index is -3.35. The number of anilines is 1. The summed E-state index contributed by atoms with van der Waals surface area (Å²) in [5.74, 6) is -0.210. The second-order valence-electron chi connectivity index (χ2n) is 5.74. The maximum Gasteiger partial charge on any atom is 0.225 e. The van der Waals surface area contributed by atoms with Gasteiger partial charge < -0.3 is 10.6 Å². The van der Waals surface area contributed by atoms with Crippen molar-refractivity contribution in [1.29, 1.82) is 0 Å². The number of hydrogen-bond donors (Lipinski definition) is 2. The van der Waals surface area contributed by atoms with E-state index in [2.05, 4.69) is 10.6 Å². The lowest BCUT2D eigenvalue weighted by Crippen LogP contribution is -2.37. The average molecular weight is 298 g/mol. The van der Waals surface area contributed by atoms with Crippen molar-refractivity contribution in [2.45, 2.75) is 37.6 Å². The van der Waals surface area contributed by atoms with Gasteiger partial charge in [-0.05, 0) is 32.9 Å². The summed E-state index contributed by atoms with van der Waals surface area (Å²) in [5, 5.41) is 5.85. The van der Waals surface area contributed by atoms with E-state index < -0.39 is 9.84 Å². The summed E-state index contributed by atoms with van der Waals surface area (Å²) >= 11 is 0. The van der Waals surface area contributed by atoms with Gasteiger partial charge in [0.1, 0.15) is 0 Å². The van der Waals surface area contributed by atoms with Crippen LogP contribution in [0.5, 0.6) is 0 Å². The van der Waals surface area contributed by atoms with E-state index in [1.165, 1.54) is 6.07 Å². The topological polar surface area (TPSA) is 75.3 Å². The molecule has 112 valence electrons. The number of nitrogens with one attached hydrogen (secondary N) is 2. The van der Waals surface area contributed by atoms with Gasteiger partial charge in [-0.25, -0.2) is 8.42 Å². The van der Waals surface area contributed by atoms with E-state index in [9.17, 15) is 13.2 Å². The molecule has 0 unspecified atom stereocenters. The highest BCUT2D eigenvalue weighted by atomic mass is 32.2. The molecule has 0 aliphatic carbocycles. The summed E-state index contributed by atoms with van der Waals surface area (Å²) in [6.45, 7) is 6.59. The van der Waals surface area contributed by atoms with Gasteiger partial charge in [-0.1, -0.05) is 12.1 Å². The summed E-state index contributed by atoms with van der Waals surface area (Å²) in [6.07, 6.45) is 1.41. The highest BCUT2D eigenvalue weighted by Gasteiger charge is 2.15. The van der Waals surface area contributed by atoms with Gasteiger partial charge in [-0.2, -0.15) is 0 Å². The molecule has 20 heavy (non-hydrogen) atoms. The largest absolute Gasteiger partial charge is 0.325 e. The Labute approximate surface area is 120 Å². The van der Waals surface area contributed by atoms with Crippen LogP contribution in [0.15, 0.2) is 29.2 Å². The lowest BCUT2D eigenvalue weighted by Gasteiger charge is -2.20. The number of carbonyl (C=O) groups excluding carboxylic acids is 1. The Hall–Kier alpha value is -1.40. The van der Waals surface area contributed by atoms with Crippen LogP contribution in [0, 0.1) is 0 Å². The number of amides is 1. The van der Waals surface area contributed by atoms with Crippen LogP contribution in [0.2, 0.25) is 0 Å². The molecule has 0 aliphatic heterocycles. The van der Waals surface area contributed by atoms with Crippen molar-refractivity contribution in [3.05, 3.63) is 24.3 Å². The zero-order valence-corrected chi connectivity index (χ0v) is 13.2. The first-order valence-electron chi connectivity index (χ1n) is 6.43. The van der Waals surface area contributed by atoms with Crippen LogP contribution in [0.1, 0.15) is 27.2 Å². The van der Waals surface area contributed by atoms with Crippen LogP contribution in [0.25, 0.3) is 0 Å². The van der Waals surface area contributed by atoms with Gasteiger partial charge in [0.15, 0.2) is 9.84 Å². The zero-order valence-electron chi connectivity index (χ0n) is 12.4. The molecule has 2 N–H and O–H groups in total. The predicted octanol–water partition coefficient (Wildman–Crippen LogP) is 1.81. The standard InChI is InChI=1S/C14H22N2O3S/c1-14(2,3)15-10-9-13(17)16-11-7-5-6-8-12(11)20(4,18)19/h5-8,15H,9-10H2,1-4H3,(H,16,17). The first kappa shape index (κ1) is 16.7. The molecule has 0 saturated carbocycles. The van der Waals surface area contributed by atoms with E-state index in [-0.39, 0.29) is 22.8 Å². The molecule has 0 aliphatic rings. The summed E-state index contributed by atoms with van der Waals surface area (Å²) in [7, 11) is -3.35. The third kappa shape index (κ3) is 5.71. The monoisotopic (exact) mass is 298 g/mol. The summed E-state index contributed by atoms with van der Waals surface area (Å²) in [6, 6.07) is 6.40. The number of benzene rings is 1. The molecular formula is C14H22N2O3S. The highest BCUT2D eigenvalue weighted by molar-refractivity contribution is 7.90. The molecule has 0 bridgehead atoms. The molecule has 5 nitrogen and oxygen atoms in total. The third-order valence-corrected chi connectivity index (χ3v) is 3.72. The van der Waals surface area contributed by atoms with E-state index in [4.69, 9.17) is 0 Å². The van der Waals surface area contributed by atoms with Crippen molar-refractivity contribution in [1.82, 2.24) is 5.32 Å². The van der Waals surface area contributed by atoms with Gasteiger partial charge >= 0.3 is 0 Å². The highest BCUT2D eigenvalue weighted by Crippen LogP contribution is 2.20. The molecule has 0 fully saturated rings. The fraction of sp³-hybridized carbons (Fsp3) is 0.500. The molecule has 0 heterocycles. The molecule has 1 aromatic rings. The predicted molar refractivity (Wildman–Crippen MR) is 80.6 cm³/mol. The van der Waals surface area contributed by atoms with Crippen LogP contribution in [-0.2, 0) is 14.6 Å². The SMILES string of the molecule is CC(C)(C)NCCC(=O)Nc1ccccc1S(C)(=O)=O. The Balaban J connectivity index is 2.68. The Bertz CT molecular complexity index is 574. The van der Waals surface area contributed by atoms with E-state index in [1.807, 2.05) is 20.8 Å². The lowest BCUT2D eigenvalue weighted by atomic mass is 10.1. The van der Waals surface area contributed by atoms with Gasteiger partial charge in [0.05, 0.1) is 10.6 Å². The Morgan fingerprint density at radius 1 is 1.20 bits per heavy atom. The van der Waals surface area contributed by atoms with Crippen LogP contribution in [0.3, 0.4) is 0 Å². The number of carbonyl (C=O) groups is 1. The van der Waals surface area contributed by atoms with Crippen molar-refractivity contribution < 1.29 is 13.2 Å². The van der Waals surface area contributed by atoms with E-state index >= 15 is 0 Å². The lowest BCUT2D eigenvalue weighted by molar-refractivity contribution is -0.116. The minimum absolute atomic E-state index is 0.0506. The van der Waals surface area contributed by atoms with Crippen LogP contribution in [0.4, 0.5) is 5.69 Å². The van der Waals surface area contributed by atoms with Gasteiger partial charge in [-0.3, -0.25) is 4.79 Å². The van der Waals surface area contributed by atoms with Crippen LogP contribution >= 0.6 is 0 Å². The molecule has 1 aromatic carbocycles. The van der Waals surface area contributed by atoms with Gasteiger partial charge in [0.2, 0.25) is 5.91 Å². The van der Waals surface area contributed by atoms with Crippen molar-refractivity contribution in [2.75, 3.05) is 18.1 Å². The Kier molecular flexibility index (Phi) is 5.30. The minimum Gasteiger partial charge on any atom is -0.325 e. The first-order valence-corrected chi connectivity index (χ1v) is 8.33. The van der Waals surface area contributed by atoms with Gasteiger partial charge in [0.25, 0.3) is 0 Å². The van der Waals surface area contributed by atoms with Crippen molar-refractivity contribution in [3.8, 4) is 0 Å². The maximum atomic E-state index is 11.8. The molecule has 0 aromatic heterocycles. The van der Waals surface area contributed by atoms with E-state index in [1.54, 1.807) is 18.2 Å². The molecule has 0 radical (unpaired) electrons. The summed E-state index contributed by atoms with van der Waals surface area (Å²) < 4.78 is 23.2. The fourth-order valence-corrected chi connectivity index (χ4v) is 2.50. The number of rotatable bonds is 5. The smallest absolute Gasteiger partial charge is 0.225 e. The van der Waals surface area contributed by atoms with Gasteiger partial charge in [-0.15, -0.1) is 0 Å². The van der Waals surface area contributed by atoms with Crippen molar-refractivity contribution in [3.63, 3.8) is 0 Å². The normalized spacial score (nSPS) is 12.2. The zero-order chi connectivity index (χ0) is 15.4. The molecule has 1 amide bonds. The molecular weight excluding hydrogens is 276 g/mol. The van der Waals surface area contributed by atoms with Crippen molar-refractivity contribution >= 4 is 21.4 Å². The molecule has 1 rings (SSSR count). The van der Waals surface area contributed by atoms with Crippen molar-refractivity contribution in [2.24, 2.45) is 0 Å². The fourth-order valence-electron chi connectivity index (χ4n) is 1.66. The molecule has 0 saturated heterocycles. The van der Waals surface area contributed by atoms with Crippen LogP contribution < -0.4 is 10.6 Å². The third-order valence-electron chi connectivity index (χ3n) is 2.57. The maximum absolute atomic E-state index is 11.8. The molecule has 6 heteroatoms.